The molecule has 2 N–H and O–H groups in total. The van der Waals surface area contributed by atoms with E-state index in [1.807, 2.05) is 0 Å². The molecule has 3 nitrogen and oxygen atoms in total. The Morgan fingerprint density at radius 2 is 1.60 bits per heavy atom. The summed E-state index contributed by atoms with van der Waals surface area (Å²) in [5.74, 6) is -1.14. The highest BCUT2D eigenvalue weighted by Gasteiger charge is 2.34. The third-order valence-corrected chi connectivity index (χ3v) is 1.45. The summed E-state index contributed by atoms with van der Waals surface area (Å²) >= 11 is 0. The Kier molecular flexibility index (Phi) is 6.84. The van der Waals surface area contributed by atoms with E-state index in [1.54, 1.807) is 6.92 Å². The van der Waals surface area contributed by atoms with Crippen LogP contribution in [0, 0.1) is 0 Å². The van der Waals surface area contributed by atoms with Crippen molar-refractivity contribution >= 4 is 24.8 Å². The van der Waals surface area contributed by atoms with Crippen molar-refractivity contribution in [1.82, 2.24) is 9.97 Å². The Morgan fingerprint density at radius 3 is 1.87 bits per heavy atom. The lowest BCUT2D eigenvalue weighted by molar-refractivity contribution is -0.145. The molecule has 0 aliphatic rings. The van der Waals surface area contributed by atoms with Gasteiger partial charge in [-0.05, 0) is 6.92 Å². The Balaban J connectivity index is 0. The van der Waals surface area contributed by atoms with Gasteiger partial charge in [0.15, 0.2) is 0 Å². The molecule has 0 saturated carbocycles. The Labute approximate surface area is 97.1 Å². The van der Waals surface area contributed by atoms with Crippen LogP contribution in [0.25, 0.3) is 0 Å². The van der Waals surface area contributed by atoms with Gasteiger partial charge in [0.25, 0.3) is 0 Å². The van der Waals surface area contributed by atoms with Crippen LogP contribution in [0.3, 0.4) is 0 Å². The molecule has 0 fully saturated rings. The van der Waals surface area contributed by atoms with Crippen molar-refractivity contribution in [2.75, 3.05) is 0 Å². The van der Waals surface area contributed by atoms with Crippen LogP contribution in [0.1, 0.15) is 24.4 Å². The summed E-state index contributed by atoms with van der Waals surface area (Å²) in [4.78, 5) is 6.31. The first-order valence-corrected chi connectivity index (χ1v) is 3.56. The molecule has 0 aliphatic carbocycles. The minimum Gasteiger partial charge on any atom is -0.324 e. The van der Waals surface area contributed by atoms with Crippen molar-refractivity contribution in [3.63, 3.8) is 0 Å². The third kappa shape index (κ3) is 4.63. The summed E-state index contributed by atoms with van der Waals surface area (Å²) in [5.41, 5.74) is 5.89. The number of hydrogen-bond donors (Lipinski definition) is 1. The Bertz CT molecular complexity index is 287. The van der Waals surface area contributed by atoms with E-state index in [2.05, 4.69) is 9.97 Å². The van der Waals surface area contributed by atoms with Gasteiger partial charge in [-0.15, -0.1) is 24.8 Å². The number of halogens is 5. The number of rotatable bonds is 1. The summed E-state index contributed by atoms with van der Waals surface area (Å²) in [6.45, 7) is 1.64. The smallest absolute Gasteiger partial charge is 0.324 e. The predicted octanol–water partition coefficient (Wildman–Crippen LogP) is 2.36. The molecule has 1 rings (SSSR count). The molecule has 0 unspecified atom stereocenters. The van der Waals surface area contributed by atoms with Crippen molar-refractivity contribution < 1.29 is 13.2 Å². The van der Waals surface area contributed by atoms with Gasteiger partial charge in [-0.2, -0.15) is 13.2 Å². The van der Waals surface area contributed by atoms with Gasteiger partial charge in [-0.1, -0.05) is 0 Å². The fraction of sp³-hybridized carbons (Fsp3) is 0.429. The van der Waals surface area contributed by atoms with E-state index in [1.165, 1.54) is 0 Å². The van der Waals surface area contributed by atoms with Crippen LogP contribution < -0.4 is 5.73 Å². The number of nitrogens with two attached hydrogens (primary N) is 1. The number of aromatic nitrogens is 2. The second kappa shape index (κ2) is 6.09. The van der Waals surface area contributed by atoms with Crippen molar-refractivity contribution in [3.05, 3.63) is 23.8 Å². The quantitative estimate of drug-likeness (QED) is 0.847. The largest absolute Gasteiger partial charge is 0.451 e. The van der Waals surface area contributed by atoms with Crippen molar-refractivity contribution in [2.45, 2.75) is 19.1 Å². The summed E-state index contributed by atoms with van der Waals surface area (Å²) in [7, 11) is 0. The fourth-order valence-electron chi connectivity index (χ4n) is 0.720. The third-order valence-electron chi connectivity index (χ3n) is 1.45. The van der Waals surface area contributed by atoms with Crippen molar-refractivity contribution in [3.8, 4) is 0 Å². The molecular weight excluding hydrogens is 254 g/mol. The second-order valence-electron chi connectivity index (χ2n) is 2.63. The van der Waals surface area contributed by atoms with Crippen LogP contribution in [0.4, 0.5) is 13.2 Å². The zero-order chi connectivity index (χ0) is 10.1. The summed E-state index contributed by atoms with van der Waals surface area (Å²) in [5, 5.41) is 0. The Morgan fingerprint density at radius 1 is 1.20 bits per heavy atom. The molecule has 0 saturated heterocycles. The van der Waals surface area contributed by atoms with Crippen LogP contribution in [0.15, 0.2) is 12.4 Å². The van der Waals surface area contributed by atoms with Crippen LogP contribution in [-0.4, -0.2) is 9.97 Å². The van der Waals surface area contributed by atoms with Crippen LogP contribution in [-0.2, 0) is 6.18 Å². The van der Waals surface area contributed by atoms with Gasteiger partial charge in [-0.25, -0.2) is 9.97 Å². The maximum absolute atomic E-state index is 12.0. The highest BCUT2D eigenvalue weighted by molar-refractivity contribution is 5.85. The zero-order valence-electron chi connectivity index (χ0n) is 7.65. The minimum absolute atomic E-state index is 0. The van der Waals surface area contributed by atoms with Crippen LogP contribution in [0.2, 0.25) is 0 Å². The molecule has 0 aliphatic heterocycles. The lowest BCUT2D eigenvalue weighted by atomic mass is 10.2. The van der Waals surface area contributed by atoms with E-state index in [4.69, 9.17) is 5.73 Å². The monoisotopic (exact) mass is 263 g/mol. The molecule has 88 valence electrons. The molecule has 1 aromatic heterocycles. The zero-order valence-corrected chi connectivity index (χ0v) is 9.29. The molecule has 1 atom stereocenters. The van der Waals surface area contributed by atoms with E-state index < -0.39 is 12.0 Å². The summed E-state index contributed by atoms with van der Waals surface area (Å²) in [6, 6.07) is -0.359. The van der Waals surface area contributed by atoms with Gasteiger partial charge in [0.1, 0.15) is 0 Å². The fourth-order valence-corrected chi connectivity index (χ4v) is 0.720. The average Bonchev–Trinajstić information content (AvgIpc) is 2.03. The molecule has 0 bridgehead atoms. The molecule has 8 heteroatoms. The molecule has 15 heavy (non-hydrogen) atoms. The molecule has 0 amide bonds. The standard InChI is InChI=1S/C7H8F3N3.2ClH/c1-4(11)5-2-12-6(13-3-5)7(8,9)10;;/h2-4H,11H2,1H3;2*1H/t4-;;/m0../s1. The van der Waals surface area contributed by atoms with Gasteiger partial charge < -0.3 is 5.73 Å². The van der Waals surface area contributed by atoms with E-state index >= 15 is 0 Å². The topological polar surface area (TPSA) is 51.8 Å². The molecule has 1 heterocycles. The normalized spacial score (nSPS) is 12.3. The van der Waals surface area contributed by atoms with Crippen molar-refractivity contribution in [1.29, 1.82) is 0 Å². The highest BCUT2D eigenvalue weighted by Crippen LogP contribution is 2.25. The predicted molar refractivity (Wildman–Crippen MR) is 54.1 cm³/mol. The van der Waals surface area contributed by atoms with E-state index in [9.17, 15) is 13.2 Å². The maximum atomic E-state index is 12.0. The van der Waals surface area contributed by atoms with Crippen LogP contribution in [0.5, 0.6) is 0 Å². The van der Waals surface area contributed by atoms with Gasteiger partial charge in [0.05, 0.1) is 0 Å². The van der Waals surface area contributed by atoms with Gasteiger partial charge in [-0.3, -0.25) is 0 Å². The van der Waals surface area contributed by atoms with Crippen LogP contribution >= 0.6 is 24.8 Å². The number of alkyl halides is 3. The first-order valence-electron chi connectivity index (χ1n) is 3.56. The first-order chi connectivity index (χ1) is 5.91. The SMILES string of the molecule is C[C@H](N)c1cnc(C(F)(F)F)nc1.Cl.Cl. The maximum Gasteiger partial charge on any atom is 0.451 e. The second-order valence-corrected chi connectivity index (χ2v) is 2.63. The lowest BCUT2D eigenvalue weighted by Crippen LogP contribution is -2.13. The highest BCUT2D eigenvalue weighted by atomic mass is 35.5. The van der Waals surface area contributed by atoms with Gasteiger partial charge in [0, 0.05) is 24.0 Å². The number of nitrogens with zero attached hydrogens (tertiary/aromatic N) is 2. The van der Waals surface area contributed by atoms with Crippen molar-refractivity contribution in [2.24, 2.45) is 5.73 Å². The van der Waals surface area contributed by atoms with Gasteiger partial charge in [0.2, 0.25) is 5.82 Å². The molecule has 0 aromatic carbocycles. The van der Waals surface area contributed by atoms with Gasteiger partial charge >= 0.3 is 6.18 Å². The number of hydrogen-bond acceptors (Lipinski definition) is 3. The first kappa shape index (κ1) is 16.8. The Hall–Kier alpha value is -0.590. The molecule has 0 radical (unpaired) electrons. The molecule has 1 aromatic rings. The minimum atomic E-state index is -4.49. The molecular formula is C7H10Cl2F3N3. The van der Waals surface area contributed by atoms with E-state index in [-0.39, 0.29) is 30.9 Å². The van der Waals surface area contributed by atoms with E-state index in [0.717, 1.165) is 12.4 Å². The molecule has 0 spiro atoms. The van der Waals surface area contributed by atoms with E-state index in [0.29, 0.717) is 5.56 Å². The average molecular weight is 264 g/mol. The summed E-state index contributed by atoms with van der Waals surface area (Å²) in [6.07, 6.45) is -2.32. The summed E-state index contributed by atoms with van der Waals surface area (Å²) < 4.78 is 35.9. The lowest BCUT2D eigenvalue weighted by Gasteiger charge is -2.06.